The molecule has 1 heterocycles. The Morgan fingerprint density at radius 3 is 2.22 bits per heavy atom. The average Bonchev–Trinajstić information content (AvgIpc) is 2.38. The third kappa shape index (κ3) is 3.31. The van der Waals surface area contributed by atoms with Crippen LogP contribution in [0.2, 0.25) is 0 Å². The largest absolute Gasteiger partial charge is 0.368 e. The van der Waals surface area contributed by atoms with Gasteiger partial charge in [0.25, 0.3) is 0 Å². The number of hydrogen-bond donors (Lipinski definition) is 0. The van der Waals surface area contributed by atoms with E-state index >= 15 is 0 Å². The summed E-state index contributed by atoms with van der Waals surface area (Å²) >= 11 is 0. The highest BCUT2D eigenvalue weighted by molar-refractivity contribution is 5.13. The van der Waals surface area contributed by atoms with Gasteiger partial charge in [-0.3, -0.25) is 0 Å². The molecular formula is C15H22O3. The lowest BCUT2D eigenvalue weighted by molar-refractivity contribution is -0.286. The van der Waals surface area contributed by atoms with E-state index in [4.69, 9.17) is 14.2 Å². The fraction of sp³-hybridized carbons (Fsp3) is 0.600. The van der Waals surface area contributed by atoms with E-state index in [9.17, 15) is 0 Å². The molecule has 0 aliphatic carbocycles. The van der Waals surface area contributed by atoms with Gasteiger partial charge < -0.3 is 14.2 Å². The smallest absolute Gasteiger partial charge is 0.158 e. The minimum atomic E-state index is -0.0911. The Labute approximate surface area is 109 Å². The van der Waals surface area contributed by atoms with Gasteiger partial charge in [-0.05, 0) is 25.8 Å². The molecule has 0 saturated carbocycles. The van der Waals surface area contributed by atoms with Crippen LogP contribution in [0.5, 0.6) is 0 Å². The van der Waals surface area contributed by atoms with E-state index in [-0.39, 0.29) is 24.6 Å². The minimum Gasteiger partial charge on any atom is -0.368 e. The second-order valence-electron chi connectivity index (χ2n) is 4.78. The lowest BCUT2D eigenvalue weighted by Gasteiger charge is -2.38. The topological polar surface area (TPSA) is 27.7 Å². The molecule has 3 nitrogen and oxygen atoms in total. The van der Waals surface area contributed by atoms with E-state index in [2.05, 4.69) is 32.9 Å². The van der Waals surface area contributed by atoms with Crippen LogP contribution in [0.1, 0.15) is 32.8 Å². The summed E-state index contributed by atoms with van der Waals surface area (Å²) in [7, 11) is 0. The van der Waals surface area contributed by atoms with Crippen LogP contribution in [0.3, 0.4) is 0 Å². The van der Waals surface area contributed by atoms with Crippen LogP contribution in [0.25, 0.3) is 0 Å². The number of ether oxygens (including phenoxy) is 3. The van der Waals surface area contributed by atoms with Crippen LogP contribution in [0.15, 0.2) is 30.3 Å². The summed E-state index contributed by atoms with van der Waals surface area (Å²) in [6.07, 6.45) is 0.921. The molecule has 0 spiro atoms. The van der Waals surface area contributed by atoms with Gasteiger partial charge in [0.1, 0.15) is 6.10 Å². The van der Waals surface area contributed by atoms with E-state index in [1.54, 1.807) is 0 Å². The van der Waals surface area contributed by atoms with Crippen LogP contribution >= 0.6 is 0 Å². The van der Waals surface area contributed by atoms with Crippen LogP contribution in [-0.4, -0.2) is 24.6 Å². The summed E-state index contributed by atoms with van der Waals surface area (Å²) in [6, 6.07) is 10.2. The first kappa shape index (κ1) is 13.5. The summed E-state index contributed by atoms with van der Waals surface area (Å²) in [6.45, 7) is 6.77. The average molecular weight is 250 g/mol. The summed E-state index contributed by atoms with van der Waals surface area (Å²) in [5.74, 6) is 0. The van der Waals surface area contributed by atoms with Gasteiger partial charge in [-0.25, -0.2) is 0 Å². The third-order valence-electron chi connectivity index (χ3n) is 3.28. The first-order chi connectivity index (χ1) is 8.70. The van der Waals surface area contributed by atoms with E-state index in [1.807, 2.05) is 18.2 Å². The highest BCUT2D eigenvalue weighted by Crippen LogP contribution is 2.23. The van der Waals surface area contributed by atoms with Gasteiger partial charge in [0, 0.05) is 0 Å². The maximum Gasteiger partial charge on any atom is 0.158 e. The van der Waals surface area contributed by atoms with Crippen LogP contribution in [-0.2, 0) is 20.8 Å². The predicted molar refractivity (Wildman–Crippen MR) is 70.2 cm³/mol. The SMILES string of the molecule is CCC1O[C@H](C)C(OCc2ccccc2)[C@@H](C)O1. The first-order valence-electron chi connectivity index (χ1n) is 6.67. The molecule has 0 radical (unpaired) electrons. The third-order valence-corrected chi connectivity index (χ3v) is 3.28. The Balaban J connectivity index is 1.89. The molecule has 18 heavy (non-hydrogen) atoms. The van der Waals surface area contributed by atoms with Gasteiger partial charge >= 0.3 is 0 Å². The molecule has 0 amide bonds. The standard InChI is InChI=1S/C15H22O3/c1-4-14-17-11(2)15(12(3)18-14)16-10-13-8-6-5-7-9-13/h5-9,11-12,14-15H,4,10H2,1-3H3/t11-,12-,14?,15?/m1/s1. The molecule has 1 aromatic rings. The van der Waals surface area contributed by atoms with Crippen molar-refractivity contribution in [2.75, 3.05) is 0 Å². The molecular weight excluding hydrogens is 228 g/mol. The minimum absolute atomic E-state index is 0.00648. The highest BCUT2D eigenvalue weighted by Gasteiger charge is 2.34. The molecule has 100 valence electrons. The normalized spacial score (nSPS) is 32.4. The lowest BCUT2D eigenvalue weighted by atomic mass is 10.1. The van der Waals surface area contributed by atoms with Crippen LogP contribution < -0.4 is 0 Å². The predicted octanol–water partition coefficient (Wildman–Crippen LogP) is 3.13. The molecule has 0 N–H and O–H groups in total. The Bertz CT molecular complexity index is 340. The van der Waals surface area contributed by atoms with Gasteiger partial charge in [-0.15, -0.1) is 0 Å². The van der Waals surface area contributed by atoms with E-state index in [1.165, 1.54) is 5.56 Å². The summed E-state index contributed by atoms with van der Waals surface area (Å²) in [5, 5.41) is 0. The Morgan fingerprint density at radius 1 is 1.06 bits per heavy atom. The van der Waals surface area contributed by atoms with E-state index < -0.39 is 0 Å². The molecule has 1 aliphatic rings. The quantitative estimate of drug-likeness (QED) is 0.821. The highest BCUT2D eigenvalue weighted by atomic mass is 16.7. The maximum atomic E-state index is 5.94. The molecule has 2 rings (SSSR count). The fourth-order valence-corrected chi connectivity index (χ4v) is 2.28. The van der Waals surface area contributed by atoms with Crippen LogP contribution in [0.4, 0.5) is 0 Å². The van der Waals surface area contributed by atoms with Crippen molar-refractivity contribution >= 4 is 0 Å². The van der Waals surface area contributed by atoms with Crippen molar-refractivity contribution in [3.8, 4) is 0 Å². The number of benzene rings is 1. The molecule has 0 aromatic heterocycles. The molecule has 1 aliphatic heterocycles. The van der Waals surface area contributed by atoms with Crippen molar-refractivity contribution < 1.29 is 14.2 Å². The molecule has 0 unspecified atom stereocenters. The molecule has 3 heteroatoms. The second-order valence-corrected chi connectivity index (χ2v) is 4.78. The van der Waals surface area contributed by atoms with Crippen molar-refractivity contribution in [1.29, 1.82) is 0 Å². The second kappa shape index (κ2) is 6.32. The zero-order valence-corrected chi connectivity index (χ0v) is 11.3. The van der Waals surface area contributed by atoms with E-state index in [0.29, 0.717) is 6.61 Å². The number of rotatable bonds is 4. The number of hydrogen-bond acceptors (Lipinski definition) is 3. The molecule has 2 atom stereocenters. The monoisotopic (exact) mass is 250 g/mol. The van der Waals surface area contributed by atoms with Crippen molar-refractivity contribution in [1.82, 2.24) is 0 Å². The van der Waals surface area contributed by atoms with Crippen molar-refractivity contribution in [3.63, 3.8) is 0 Å². The Kier molecular flexibility index (Phi) is 4.75. The van der Waals surface area contributed by atoms with Crippen molar-refractivity contribution in [2.24, 2.45) is 0 Å². The summed E-state index contributed by atoms with van der Waals surface area (Å²) < 4.78 is 17.5. The van der Waals surface area contributed by atoms with Gasteiger partial charge in [0.05, 0.1) is 18.8 Å². The maximum absolute atomic E-state index is 5.94. The summed E-state index contributed by atoms with van der Waals surface area (Å²) in [4.78, 5) is 0. The van der Waals surface area contributed by atoms with Crippen molar-refractivity contribution in [2.45, 2.75) is 58.4 Å². The van der Waals surface area contributed by atoms with Gasteiger partial charge in [0.15, 0.2) is 6.29 Å². The first-order valence-corrected chi connectivity index (χ1v) is 6.67. The Hall–Kier alpha value is -0.900. The van der Waals surface area contributed by atoms with Gasteiger partial charge in [0.2, 0.25) is 0 Å². The van der Waals surface area contributed by atoms with Crippen LogP contribution in [0, 0.1) is 0 Å². The van der Waals surface area contributed by atoms with Gasteiger partial charge in [-0.2, -0.15) is 0 Å². The van der Waals surface area contributed by atoms with E-state index in [0.717, 1.165) is 6.42 Å². The molecule has 0 bridgehead atoms. The zero-order valence-electron chi connectivity index (χ0n) is 11.3. The lowest BCUT2D eigenvalue weighted by Crippen LogP contribution is -2.48. The Morgan fingerprint density at radius 2 is 1.67 bits per heavy atom. The molecule has 1 aromatic carbocycles. The summed E-state index contributed by atoms with van der Waals surface area (Å²) in [5.41, 5.74) is 1.18. The fourth-order valence-electron chi connectivity index (χ4n) is 2.28. The molecule has 1 fully saturated rings. The molecule has 1 saturated heterocycles. The van der Waals surface area contributed by atoms with Gasteiger partial charge in [-0.1, -0.05) is 37.3 Å². The zero-order chi connectivity index (χ0) is 13.0. The van der Waals surface area contributed by atoms with Crippen molar-refractivity contribution in [3.05, 3.63) is 35.9 Å².